The molecule has 4 N–H and O–H groups in total. The van der Waals surface area contributed by atoms with Crippen LogP contribution in [0.3, 0.4) is 0 Å². The standard InChI is InChI=1S/C10H22N2O3/c1-7(2)9(4-11)10(14)12-8(5-13)6-15-3/h7-9,13H,4-6,11H2,1-3H3,(H,12,14). The fourth-order valence-corrected chi connectivity index (χ4v) is 1.33. The van der Waals surface area contributed by atoms with Gasteiger partial charge in [-0.15, -0.1) is 0 Å². The third-order valence-electron chi connectivity index (χ3n) is 2.33. The van der Waals surface area contributed by atoms with Crippen LogP contribution in [0.1, 0.15) is 13.8 Å². The topological polar surface area (TPSA) is 84.6 Å². The second-order valence-corrected chi connectivity index (χ2v) is 3.93. The molecule has 15 heavy (non-hydrogen) atoms. The molecule has 1 amide bonds. The molecule has 0 aliphatic heterocycles. The Hall–Kier alpha value is -0.650. The number of rotatable bonds is 7. The second-order valence-electron chi connectivity index (χ2n) is 3.93. The molecule has 0 radical (unpaired) electrons. The minimum atomic E-state index is -0.352. The van der Waals surface area contributed by atoms with Crippen molar-refractivity contribution in [2.75, 3.05) is 26.9 Å². The van der Waals surface area contributed by atoms with Crippen LogP contribution in [0.2, 0.25) is 0 Å². The van der Waals surface area contributed by atoms with E-state index in [0.717, 1.165) is 0 Å². The van der Waals surface area contributed by atoms with Gasteiger partial charge in [0.05, 0.1) is 25.2 Å². The molecule has 5 nitrogen and oxygen atoms in total. The van der Waals surface area contributed by atoms with E-state index in [1.165, 1.54) is 7.11 Å². The van der Waals surface area contributed by atoms with Gasteiger partial charge in [0.25, 0.3) is 0 Å². The van der Waals surface area contributed by atoms with Gasteiger partial charge in [0, 0.05) is 13.7 Å². The smallest absolute Gasteiger partial charge is 0.225 e. The summed E-state index contributed by atoms with van der Waals surface area (Å²) >= 11 is 0. The fourth-order valence-electron chi connectivity index (χ4n) is 1.33. The number of nitrogens with two attached hydrogens (primary N) is 1. The summed E-state index contributed by atoms with van der Waals surface area (Å²) in [6.07, 6.45) is 0. The molecule has 0 saturated heterocycles. The first-order valence-electron chi connectivity index (χ1n) is 5.17. The van der Waals surface area contributed by atoms with Gasteiger partial charge in [-0.05, 0) is 5.92 Å². The Morgan fingerprint density at radius 3 is 2.47 bits per heavy atom. The SMILES string of the molecule is COCC(CO)NC(=O)C(CN)C(C)C. The van der Waals surface area contributed by atoms with Gasteiger partial charge in [-0.2, -0.15) is 0 Å². The van der Waals surface area contributed by atoms with Crippen molar-refractivity contribution in [2.24, 2.45) is 17.6 Å². The Morgan fingerprint density at radius 2 is 2.13 bits per heavy atom. The van der Waals surface area contributed by atoms with E-state index in [0.29, 0.717) is 13.2 Å². The van der Waals surface area contributed by atoms with Gasteiger partial charge >= 0.3 is 0 Å². The zero-order valence-electron chi connectivity index (χ0n) is 9.69. The number of nitrogens with one attached hydrogen (secondary N) is 1. The summed E-state index contributed by atoms with van der Waals surface area (Å²) in [5, 5.41) is 11.7. The quantitative estimate of drug-likeness (QED) is 0.529. The first kappa shape index (κ1) is 14.3. The van der Waals surface area contributed by atoms with E-state index in [-0.39, 0.29) is 30.4 Å². The monoisotopic (exact) mass is 218 g/mol. The van der Waals surface area contributed by atoms with E-state index in [1.807, 2.05) is 13.8 Å². The van der Waals surface area contributed by atoms with Crippen molar-refractivity contribution in [2.45, 2.75) is 19.9 Å². The summed E-state index contributed by atoms with van der Waals surface area (Å²) in [5.74, 6) is -0.142. The van der Waals surface area contributed by atoms with Gasteiger partial charge in [-0.1, -0.05) is 13.8 Å². The summed E-state index contributed by atoms with van der Waals surface area (Å²) in [6, 6.07) is -0.352. The number of ether oxygens (including phenoxy) is 1. The summed E-state index contributed by atoms with van der Waals surface area (Å²) in [4.78, 5) is 11.7. The number of methoxy groups -OCH3 is 1. The summed E-state index contributed by atoms with van der Waals surface area (Å²) in [5.41, 5.74) is 5.51. The molecule has 0 fully saturated rings. The zero-order chi connectivity index (χ0) is 11.8. The summed E-state index contributed by atoms with van der Waals surface area (Å²) < 4.78 is 4.86. The van der Waals surface area contributed by atoms with Crippen molar-refractivity contribution in [3.8, 4) is 0 Å². The van der Waals surface area contributed by atoms with Crippen molar-refractivity contribution in [3.63, 3.8) is 0 Å². The van der Waals surface area contributed by atoms with E-state index in [9.17, 15) is 4.79 Å². The largest absolute Gasteiger partial charge is 0.394 e. The number of carbonyl (C=O) groups excluding carboxylic acids is 1. The third-order valence-corrected chi connectivity index (χ3v) is 2.33. The minimum Gasteiger partial charge on any atom is -0.394 e. The number of aliphatic hydroxyl groups excluding tert-OH is 1. The fraction of sp³-hybridized carbons (Fsp3) is 0.900. The Morgan fingerprint density at radius 1 is 1.53 bits per heavy atom. The van der Waals surface area contributed by atoms with Crippen LogP contribution in [0.5, 0.6) is 0 Å². The summed E-state index contributed by atoms with van der Waals surface area (Å²) in [6.45, 7) is 4.38. The molecule has 0 aromatic carbocycles. The third kappa shape index (κ3) is 5.11. The lowest BCUT2D eigenvalue weighted by atomic mass is 9.95. The number of aliphatic hydroxyl groups is 1. The van der Waals surface area contributed by atoms with E-state index < -0.39 is 0 Å². The number of hydrogen-bond donors (Lipinski definition) is 3. The Bertz CT molecular complexity index is 186. The first-order chi connectivity index (χ1) is 7.06. The van der Waals surface area contributed by atoms with Crippen molar-refractivity contribution >= 4 is 5.91 Å². The van der Waals surface area contributed by atoms with Gasteiger partial charge in [0.15, 0.2) is 0 Å². The van der Waals surface area contributed by atoms with Crippen molar-refractivity contribution in [1.29, 1.82) is 0 Å². The van der Waals surface area contributed by atoms with Crippen LogP contribution >= 0.6 is 0 Å². The van der Waals surface area contributed by atoms with Crippen LogP contribution in [-0.4, -0.2) is 43.9 Å². The summed E-state index contributed by atoms with van der Waals surface area (Å²) in [7, 11) is 1.53. The predicted octanol–water partition coefficient (Wildman–Crippen LogP) is -0.659. The van der Waals surface area contributed by atoms with Gasteiger partial charge in [-0.25, -0.2) is 0 Å². The van der Waals surface area contributed by atoms with E-state index in [4.69, 9.17) is 15.6 Å². The first-order valence-corrected chi connectivity index (χ1v) is 5.17. The van der Waals surface area contributed by atoms with Gasteiger partial charge in [-0.3, -0.25) is 4.79 Å². The number of hydrogen-bond acceptors (Lipinski definition) is 4. The van der Waals surface area contributed by atoms with Crippen LogP contribution in [0.25, 0.3) is 0 Å². The molecule has 0 aromatic rings. The Kier molecular flexibility index (Phi) is 7.29. The number of carbonyl (C=O) groups is 1. The maximum absolute atomic E-state index is 11.7. The van der Waals surface area contributed by atoms with E-state index in [1.54, 1.807) is 0 Å². The lowest BCUT2D eigenvalue weighted by molar-refractivity contribution is -0.127. The molecule has 0 aliphatic carbocycles. The van der Waals surface area contributed by atoms with Crippen molar-refractivity contribution in [3.05, 3.63) is 0 Å². The average Bonchev–Trinajstić information content (AvgIpc) is 2.17. The molecule has 0 rings (SSSR count). The molecule has 0 bridgehead atoms. The highest BCUT2D eigenvalue weighted by molar-refractivity contribution is 5.79. The minimum absolute atomic E-state index is 0.122. The van der Waals surface area contributed by atoms with Gasteiger partial charge < -0.3 is 20.9 Å². The van der Waals surface area contributed by atoms with Crippen molar-refractivity contribution < 1.29 is 14.6 Å². The molecule has 0 aliphatic rings. The zero-order valence-corrected chi connectivity index (χ0v) is 9.69. The van der Waals surface area contributed by atoms with Crippen LogP contribution in [-0.2, 0) is 9.53 Å². The van der Waals surface area contributed by atoms with Crippen LogP contribution in [0.15, 0.2) is 0 Å². The van der Waals surface area contributed by atoms with E-state index >= 15 is 0 Å². The highest BCUT2D eigenvalue weighted by atomic mass is 16.5. The molecular formula is C10H22N2O3. The molecular weight excluding hydrogens is 196 g/mol. The lowest BCUT2D eigenvalue weighted by Gasteiger charge is -2.22. The highest BCUT2D eigenvalue weighted by Crippen LogP contribution is 2.09. The molecule has 2 unspecified atom stereocenters. The molecule has 0 heterocycles. The molecule has 2 atom stereocenters. The molecule has 0 saturated carbocycles. The average molecular weight is 218 g/mol. The van der Waals surface area contributed by atoms with E-state index in [2.05, 4.69) is 5.32 Å². The second kappa shape index (κ2) is 7.62. The maximum Gasteiger partial charge on any atom is 0.225 e. The maximum atomic E-state index is 11.7. The van der Waals surface area contributed by atoms with Crippen molar-refractivity contribution in [1.82, 2.24) is 5.32 Å². The molecule has 90 valence electrons. The number of amides is 1. The normalized spacial score (nSPS) is 15.1. The predicted molar refractivity (Wildman–Crippen MR) is 58.3 cm³/mol. The van der Waals surface area contributed by atoms with Crippen LogP contribution in [0, 0.1) is 11.8 Å². The van der Waals surface area contributed by atoms with Gasteiger partial charge in [0.2, 0.25) is 5.91 Å². The molecule has 0 spiro atoms. The highest BCUT2D eigenvalue weighted by Gasteiger charge is 2.22. The lowest BCUT2D eigenvalue weighted by Crippen LogP contribution is -2.46. The molecule has 5 heteroatoms. The van der Waals surface area contributed by atoms with Crippen LogP contribution in [0.4, 0.5) is 0 Å². The van der Waals surface area contributed by atoms with Gasteiger partial charge in [0.1, 0.15) is 0 Å². The van der Waals surface area contributed by atoms with Crippen LogP contribution < -0.4 is 11.1 Å². The Balaban J connectivity index is 4.18. The molecule has 0 aromatic heterocycles. The Labute approximate surface area is 91.0 Å².